The van der Waals surface area contributed by atoms with Crippen LogP contribution in [0, 0.1) is 18.8 Å². The maximum Gasteiger partial charge on any atom is 0.167 e. The summed E-state index contributed by atoms with van der Waals surface area (Å²) in [6.07, 6.45) is 0. The first-order chi connectivity index (χ1) is 7.24. The molecule has 1 aromatic carbocycles. The van der Waals surface area contributed by atoms with E-state index in [0.29, 0.717) is 0 Å². The topological polar surface area (TPSA) is 33.1 Å². The maximum absolute atomic E-state index is 9.09. The molecule has 2 rings (SSSR count). The third-order valence-electron chi connectivity index (χ3n) is 1.80. The van der Waals surface area contributed by atoms with Crippen LogP contribution in [0.15, 0.2) is 29.6 Å². The van der Waals surface area contributed by atoms with E-state index >= 15 is 0 Å². The molecular weight excluding hydrogens is 206 g/mol. The Bertz CT molecular complexity index is 517. The molecule has 0 saturated heterocycles. The summed E-state index contributed by atoms with van der Waals surface area (Å²) < 4.78 is 0. The van der Waals surface area contributed by atoms with Crippen LogP contribution in [0.1, 0.15) is 16.3 Å². The second kappa shape index (κ2) is 4.16. The minimum absolute atomic E-state index is 0.255. The number of aromatic nitrogens is 1. The second-order valence-corrected chi connectivity index (χ2v) is 3.95. The Morgan fingerprint density at radius 2 is 1.93 bits per heavy atom. The third kappa shape index (κ3) is 2.58. The van der Waals surface area contributed by atoms with Gasteiger partial charge in [-0.1, -0.05) is 5.92 Å². The average Bonchev–Trinajstić information content (AvgIpc) is 2.64. The summed E-state index contributed by atoms with van der Waals surface area (Å²) in [6.45, 7) is 1.95. The van der Waals surface area contributed by atoms with Gasteiger partial charge in [0.25, 0.3) is 0 Å². The van der Waals surface area contributed by atoms with E-state index in [0.717, 1.165) is 16.3 Å². The molecule has 0 amide bonds. The van der Waals surface area contributed by atoms with E-state index in [1.165, 1.54) is 11.3 Å². The van der Waals surface area contributed by atoms with Crippen molar-refractivity contribution in [2.24, 2.45) is 0 Å². The van der Waals surface area contributed by atoms with E-state index in [1.807, 2.05) is 12.3 Å². The first kappa shape index (κ1) is 9.75. The molecular formula is C12H9NOS. The average molecular weight is 215 g/mol. The molecule has 0 aliphatic rings. The highest BCUT2D eigenvalue weighted by molar-refractivity contribution is 7.10. The second-order valence-electron chi connectivity index (χ2n) is 3.09. The molecule has 0 atom stereocenters. The first-order valence-corrected chi connectivity index (χ1v) is 5.35. The molecule has 0 aliphatic carbocycles. The van der Waals surface area contributed by atoms with Gasteiger partial charge in [-0.05, 0) is 37.1 Å². The lowest BCUT2D eigenvalue weighted by atomic mass is 10.2. The van der Waals surface area contributed by atoms with Crippen molar-refractivity contribution in [2.45, 2.75) is 6.92 Å². The van der Waals surface area contributed by atoms with Gasteiger partial charge in [0.05, 0.1) is 0 Å². The van der Waals surface area contributed by atoms with Crippen molar-refractivity contribution in [2.75, 3.05) is 0 Å². The number of phenols is 1. The number of aryl methyl sites for hydroxylation is 1. The Balaban J connectivity index is 2.22. The van der Waals surface area contributed by atoms with Crippen LogP contribution in [-0.2, 0) is 0 Å². The number of hydrogen-bond donors (Lipinski definition) is 1. The Morgan fingerprint density at radius 3 is 2.53 bits per heavy atom. The Hall–Kier alpha value is -1.79. The SMILES string of the molecule is Cc1csc(C#Cc2ccc(O)cc2)n1. The molecule has 0 saturated carbocycles. The summed E-state index contributed by atoms with van der Waals surface area (Å²) >= 11 is 1.54. The van der Waals surface area contributed by atoms with Crippen molar-refractivity contribution >= 4 is 11.3 Å². The number of phenolic OH excluding ortho intramolecular Hbond substituents is 1. The van der Waals surface area contributed by atoms with Crippen LogP contribution in [0.4, 0.5) is 0 Å². The van der Waals surface area contributed by atoms with E-state index in [4.69, 9.17) is 5.11 Å². The fourth-order valence-electron chi connectivity index (χ4n) is 1.08. The van der Waals surface area contributed by atoms with Gasteiger partial charge in [-0.15, -0.1) is 11.3 Å². The Morgan fingerprint density at radius 1 is 1.20 bits per heavy atom. The number of benzene rings is 1. The van der Waals surface area contributed by atoms with Crippen LogP contribution in [-0.4, -0.2) is 10.1 Å². The van der Waals surface area contributed by atoms with Crippen molar-refractivity contribution in [1.82, 2.24) is 4.98 Å². The zero-order valence-electron chi connectivity index (χ0n) is 8.19. The van der Waals surface area contributed by atoms with Gasteiger partial charge in [-0.2, -0.15) is 0 Å². The van der Waals surface area contributed by atoms with Crippen molar-refractivity contribution in [3.8, 4) is 17.6 Å². The van der Waals surface area contributed by atoms with Gasteiger partial charge in [0.15, 0.2) is 5.01 Å². The van der Waals surface area contributed by atoms with Gasteiger partial charge in [0.2, 0.25) is 0 Å². The maximum atomic E-state index is 9.09. The zero-order chi connectivity index (χ0) is 10.7. The van der Waals surface area contributed by atoms with Crippen molar-refractivity contribution < 1.29 is 5.11 Å². The number of thiazole rings is 1. The zero-order valence-corrected chi connectivity index (χ0v) is 9.01. The molecule has 0 spiro atoms. The van der Waals surface area contributed by atoms with Gasteiger partial charge in [0.1, 0.15) is 5.75 Å². The minimum atomic E-state index is 0.255. The number of rotatable bonds is 0. The van der Waals surface area contributed by atoms with E-state index in [9.17, 15) is 0 Å². The van der Waals surface area contributed by atoms with Crippen molar-refractivity contribution in [1.29, 1.82) is 0 Å². The standard InChI is InChI=1S/C12H9NOS/c1-9-8-15-12(13-9)7-4-10-2-5-11(14)6-3-10/h2-3,5-6,8,14H,1H3. The molecule has 1 N–H and O–H groups in total. The van der Waals surface area contributed by atoms with Crippen LogP contribution >= 0.6 is 11.3 Å². The molecule has 0 radical (unpaired) electrons. The van der Waals surface area contributed by atoms with Crippen LogP contribution in [0.5, 0.6) is 5.75 Å². The van der Waals surface area contributed by atoms with Gasteiger partial charge >= 0.3 is 0 Å². The van der Waals surface area contributed by atoms with E-state index in [1.54, 1.807) is 24.3 Å². The minimum Gasteiger partial charge on any atom is -0.508 e. The lowest BCUT2D eigenvalue weighted by molar-refractivity contribution is 0.475. The number of hydrogen-bond acceptors (Lipinski definition) is 3. The summed E-state index contributed by atoms with van der Waals surface area (Å²) in [5, 5.41) is 11.9. The summed E-state index contributed by atoms with van der Waals surface area (Å²) in [6, 6.07) is 6.81. The normalized spacial score (nSPS) is 9.40. The number of aromatic hydroxyl groups is 1. The summed E-state index contributed by atoms with van der Waals surface area (Å²) in [5.41, 5.74) is 1.87. The lowest BCUT2D eigenvalue weighted by Crippen LogP contribution is -1.75. The van der Waals surface area contributed by atoms with Crippen molar-refractivity contribution in [3.63, 3.8) is 0 Å². The fourth-order valence-corrected chi connectivity index (χ4v) is 1.72. The first-order valence-electron chi connectivity index (χ1n) is 4.47. The van der Waals surface area contributed by atoms with Crippen LogP contribution in [0.2, 0.25) is 0 Å². The highest BCUT2D eigenvalue weighted by Gasteiger charge is 1.92. The quantitative estimate of drug-likeness (QED) is 0.685. The van der Waals surface area contributed by atoms with Crippen molar-refractivity contribution in [3.05, 3.63) is 45.9 Å². The summed E-state index contributed by atoms with van der Waals surface area (Å²) in [4.78, 5) is 4.24. The largest absolute Gasteiger partial charge is 0.508 e. The van der Waals surface area contributed by atoms with Crippen LogP contribution < -0.4 is 0 Å². The molecule has 2 nitrogen and oxygen atoms in total. The van der Waals surface area contributed by atoms with Gasteiger partial charge in [-0.3, -0.25) is 0 Å². The molecule has 0 fully saturated rings. The molecule has 74 valence electrons. The molecule has 2 aromatic rings. The predicted octanol–water partition coefficient (Wildman–Crippen LogP) is 2.56. The van der Waals surface area contributed by atoms with Gasteiger partial charge in [0, 0.05) is 16.6 Å². The molecule has 0 unspecified atom stereocenters. The summed E-state index contributed by atoms with van der Waals surface area (Å²) in [7, 11) is 0. The summed E-state index contributed by atoms with van der Waals surface area (Å²) in [5.74, 6) is 6.22. The third-order valence-corrected chi connectivity index (χ3v) is 2.68. The fraction of sp³-hybridized carbons (Fsp3) is 0.0833. The molecule has 1 heterocycles. The monoisotopic (exact) mass is 215 g/mol. The highest BCUT2D eigenvalue weighted by atomic mass is 32.1. The molecule has 15 heavy (non-hydrogen) atoms. The highest BCUT2D eigenvalue weighted by Crippen LogP contribution is 2.10. The molecule has 1 aromatic heterocycles. The Kier molecular flexibility index (Phi) is 2.70. The lowest BCUT2D eigenvalue weighted by Gasteiger charge is -1.90. The Labute approximate surface area is 92.2 Å². The number of nitrogens with zero attached hydrogens (tertiary/aromatic N) is 1. The van der Waals surface area contributed by atoms with Gasteiger partial charge in [-0.25, -0.2) is 4.98 Å². The van der Waals surface area contributed by atoms with E-state index in [2.05, 4.69) is 16.8 Å². The molecule has 0 bridgehead atoms. The van der Waals surface area contributed by atoms with Crippen LogP contribution in [0.25, 0.3) is 0 Å². The van der Waals surface area contributed by atoms with Crippen LogP contribution in [0.3, 0.4) is 0 Å². The molecule has 0 aliphatic heterocycles. The van der Waals surface area contributed by atoms with E-state index in [-0.39, 0.29) is 5.75 Å². The molecule has 3 heteroatoms. The van der Waals surface area contributed by atoms with Gasteiger partial charge < -0.3 is 5.11 Å². The predicted molar refractivity (Wildman–Crippen MR) is 60.9 cm³/mol. The smallest absolute Gasteiger partial charge is 0.167 e. The van der Waals surface area contributed by atoms with E-state index < -0.39 is 0 Å².